The molecule has 0 atom stereocenters. The molecule has 0 saturated carbocycles. The Morgan fingerprint density at radius 3 is 1.91 bits per heavy atom. The van der Waals surface area contributed by atoms with Gasteiger partial charge in [-0.3, -0.25) is 9.59 Å². The number of benzene rings is 1. The van der Waals surface area contributed by atoms with Gasteiger partial charge in [-0.05, 0) is 57.7 Å². The van der Waals surface area contributed by atoms with Gasteiger partial charge in [-0.2, -0.15) is 0 Å². The fourth-order valence-corrected chi connectivity index (χ4v) is 7.05. The van der Waals surface area contributed by atoms with Gasteiger partial charge < -0.3 is 9.64 Å². The van der Waals surface area contributed by atoms with Crippen LogP contribution in [0.5, 0.6) is 5.75 Å². The number of Topliss-reactive ketones (excluding diaryl/α,β-unsaturated/α-hetero) is 2. The average molecular weight is 593 g/mol. The van der Waals surface area contributed by atoms with Crippen LogP contribution in [0.25, 0.3) is 0 Å². The molecule has 0 bridgehead atoms. The summed E-state index contributed by atoms with van der Waals surface area (Å²) in [5.74, 6) is 0.931. The largest absolute Gasteiger partial charge is 0.492 e. The molecule has 184 valence electrons. The Bertz CT molecular complexity index is 1070. The minimum atomic E-state index is -0.413. The van der Waals surface area contributed by atoms with E-state index < -0.39 is 5.92 Å². The van der Waals surface area contributed by atoms with Crippen molar-refractivity contribution in [1.29, 1.82) is 0 Å². The van der Waals surface area contributed by atoms with Crippen LogP contribution < -0.4 is 4.74 Å². The first-order valence-corrected chi connectivity index (χ1v) is 13.7. The number of halogens is 2. The van der Waals surface area contributed by atoms with Crippen molar-refractivity contribution in [2.24, 2.45) is 16.7 Å². The van der Waals surface area contributed by atoms with E-state index in [1.807, 2.05) is 19.2 Å². The zero-order valence-electron chi connectivity index (χ0n) is 21.3. The quantitative estimate of drug-likeness (QED) is 0.362. The second-order valence-electron chi connectivity index (χ2n) is 12.1. The van der Waals surface area contributed by atoms with Gasteiger partial charge in [0.15, 0.2) is 11.6 Å². The molecule has 4 nitrogen and oxygen atoms in total. The zero-order chi connectivity index (χ0) is 25.2. The van der Waals surface area contributed by atoms with Crippen LogP contribution in [-0.4, -0.2) is 30.1 Å². The monoisotopic (exact) mass is 591 g/mol. The third-order valence-electron chi connectivity index (χ3n) is 7.09. The van der Waals surface area contributed by atoms with E-state index >= 15 is 0 Å². The van der Waals surface area contributed by atoms with Gasteiger partial charge in [0.25, 0.3) is 0 Å². The highest BCUT2D eigenvalue weighted by Gasteiger charge is 2.49. The number of nitrogens with zero attached hydrogens (tertiary/aromatic N) is 1. The maximum absolute atomic E-state index is 13.7. The first-order chi connectivity index (χ1) is 15.7. The van der Waals surface area contributed by atoms with Crippen molar-refractivity contribution in [3.05, 3.63) is 49.2 Å². The lowest BCUT2D eigenvalue weighted by Crippen LogP contribution is -2.43. The zero-order valence-corrected chi connectivity index (χ0v) is 24.4. The van der Waals surface area contributed by atoms with Crippen molar-refractivity contribution in [2.45, 2.75) is 73.1 Å². The van der Waals surface area contributed by atoms with E-state index in [1.54, 1.807) is 0 Å². The smallest absolute Gasteiger partial charge is 0.162 e. The van der Waals surface area contributed by atoms with E-state index in [-0.39, 0.29) is 22.4 Å². The Labute approximate surface area is 220 Å². The lowest BCUT2D eigenvalue weighted by molar-refractivity contribution is -0.119. The molecule has 0 amide bonds. The first-order valence-electron chi connectivity index (χ1n) is 12.1. The summed E-state index contributed by atoms with van der Waals surface area (Å²) in [7, 11) is 2.04. The molecular weight excluding hydrogens is 558 g/mol. The van der Waals surface area contributed by atoms with E-state index in [4.69, 9.17) is 4.74 Å². The van der Waals surface area contributed by atoms with Crippen LogP contribution in [0.15, 0.2) is 43.6 Å². The Balaban J connectivity index is 2.01. The molecule has 2 aliphatic carbocycles. The van der Waals surface area contributed by atoms with E-state index in [2.05, 4.69) is 78.3 Å². The molecule has 4 rings (SSSR count). The number of ketones is 2. The molecular formula is C28H35Br2NO3. The second-order valence-corrected chi connectivity index (χ2v) is 13.9. The number of hydrogen-bond acceptors (Lipinski definition) is 4. The molecule has 0 fully saturated rings. The molecule has 1 heterocycles. The third-order valence-corrected chi connectivity index (χ3v) is 8.14. The molecule has 3 aliphatic rings. The topological polar surface area (TPSA) is 46.6 Å². The van der Waals surface area contributed by atoms with Gasteiger partial charge in [0, 0.05) is 58.4 Å². The summed E-state index contributed by atoms with van der Waals surface area (Å²) in [6.45, 7) is 13.4. The van der Waals surface area contributed by atoms with Gasteiger partial charge in [0.05, 0.1) is 11.1 Å². The lowest BCUT2D eigenvalue weighted by Gasteiger charge is -2.48. The van der Waals surface area contributed by atoms with Crippen molar-refractivity contribution in [1.82, 2.24) is 4.90 Å². The highest BCUT2D eigenvalue weighted by atomic mass is 79.9. The van der Waals surface area contributed by atoms with Crippen molar-refractivity contribution in [3.63, 3.8) is 0 Å². The fraction of sp³-hybridized carbons (Fsp3) is 0.571. The van der Waals surface area contributed by atoms with Gasteiger partial charge in [0.1, 0.15) is 5.75 Å². The van der Waals surface area contributed by atoms with Crippen LogP contribution in [0.3, 0.4) is 0 Å². The van der Waals surface area contributed by atoms with Crippen molar-refractivity contribution >= 4 is 43.4 Å². The average Bonchev–Trinajstić information content (AvgIpc) is 2.66. The van der Waals surface area contributed by atoms with E-state index in [0.29, 0.717) is 25.4 Å². The summed E-state index contributed by atoms with van der Waals surface area (Å²) < 4.78 is 8.04. The van der Waals surface area contributed by atoms with Gasteiger partial charge >= 0.3 is 0 Å². The summed E-state index contributed by atoms with van der Waals surface area (Å²) >= 11 is 7.35. The summed E-state index contributed by atoms with van der Waals surface area (Å²) in [6, 6.07) is 4.00. The molecule has 34 heavy (non-hydrogen) atoms. The van der Waals surface area contributed by atoms with Crippen molar-refractivity contribution in [2.75, 3.05) is 13.7 Å². The van der Waals surface area contributed by atoms with Gasteiger partial charge in [-0.25, -0.2) is 0 Å². The summed E-state index contributed by atoms with van der Waals surface area (Å²) in [6.07, 6.45) is 2.58. The van der Waals surface area contributed by atoms with Crippen molar-refractivity contribution in [3.8, 4) is 5.75 Å². The fourth-order valence-electron chi connectivity index (χ4n) is 5.67. The highest BCUT2D eigenvalue weighted by molar-refractivity contribution is 9.11. The maximum Gasteiger partial charge on any atom is 0.162 e. The van der Waals surface area contributed by atoms with Crippen LogP contribution in [0, 0.1) is 16.7 Å². The van der Waals surface area contributed by atoms with Crippen LogP contribution in [0.4, 0.5) is 0 Å². The normalized spacial score (nSPS) is 22.4. The molecule has 1 aliphatic heterocycles. The highest BCUT2D eigenvalue weighted by Crippen LogP contribution is 2.56. The summed E-state index contributed by atoms with van der Waals surface area (Å²) in [4.78, 5) is 29.7. The number of rotatable bonds is 4. The van der Waals surface area contributed by atoms with Crippen LogP contribution in [0.2, 0.25) is 0 Å². The molecule has 0 spiro atoms. The molecule has 0 saturated heterocycles. The molecule has 0 aromatic heterocycles. The summed E-state index contributed by atoms with van der Waals surface area (Å²) in [5.41, 5.74) is 4.31. The SMILES string of the molecule is CC(C)COc1c(Br)cc(Br)cc1C1C2=C(CC(C)(C)CC2=O)N(C)C2=C1C(=O)CC(C)(C)C2. The Hall–Kier alpha value is -1.40. The predicted octanol–water partition coefficient (Wildman–Crippen LogP) is 7.56. The van der Waals surface area contributed by atoms with Gasteiger partial charge in [-0.15, -0.1) is 0 Å². The number of hydrogen-bond donors (Lipinski definition) is 0. The number of ether oxygens (including phenoxy) is 1. The maximum atomic E-state index is 13.7. The third kappa shape index (κ3) is 4.69. The van der Waals surface area contributed by atoms with Crippen LogP contribution >= 0.6 is 31.9 Å². The minimum Gasteiger partial charge on any atom is -0.492 e. The Kier molecular flexibility index (Phi) is 6.74. The molecule has 6 heteroatoms. The predicted molar refractivity (Wildman–Crippen MR) is 143 cm³/mol. The molecule has 0 N–H and O–H groups in total. The van der Waals surface area contributed by atoms with Crippen LogP contribution in [-0.2, 0) is 9.59 Å². The number of carbonyl (C=O) groups is 2. The molecule has 0 unspecified atom stereocenters. The van der Waals surface area contributed by atoms with E-state index in [1.165, 1.54) is 0 Å². The van der Waals surface area contributed by atoms with E-state index in [9.17, 15) is 9.59 Å². The standard InChI is InChI=1S/C28H35Br2NO3/c1-15(2)14-34-26-17(8-16(29)9-18(26)30)23-24-19(10-27(3,4)12-21(24)32)31(7)20-11-28(5,6)13-22(33)25(20)23/h8-9,15,23H,10-14H2,1-7H3. The summed E-state index contributed by atoms with van der Waals surface area (Å²) in [5, 5.41) is 0. The lowest BCUT2D eigenvalue weighted by atomic mass is 9.63. The molecule has 1 aromatic rings. The minimum absolute atomic E-state index is 0.115. The number of carbonyl (C=O) groups excluding carboxylic acids is 2. The second kappa shape index (κ2) is 8.92. The number of allylic oxidation sites excluding steroid dienone is 4. The van der Waals surface area contributed by atoms with Crippen LogP contribution in [0.1, 0.15) is 78.7 Å². The van der Waals surface area contributed by atoms with E-state index in [0.717, 1.165) is 55.6 Å². The molecule has 0 radical (unpaired) electrons. The van der Waals surface area contributed by atoms with Crippen molar-refractivity contribution < 1.29 is 14.3 Å². The Morgan fingerprint density at radius 2 is 1.44 bits per heavy atom. The Morgan fingerprint density at radius 1 is 0.941 bits per heavy atom. The van der Waals surface area contributed by atoms with Gasteiger partial charge in [-0.1, -0.05) is 57.5 Å². The molecule has 1 aromatic carbocycles. The van der Waals surface area contributed by atoms with Gasteiger partial charge in [0.2, 0.25) is 0 Å². The first kappa shape index (κ1) is 25.7.